The number of hydrogen-bond acceptors (Lipinski definition) is 6. The summed E-state index contributed by atoms with van der Waals surface area (Å²) >= 11 is 0. The molecule has 2 fully saturated rings. The van der Waals surface area contributed by atoms with Crippen LogP contribution in [-0.2, 0) is 41.7 Å². The number of carbonyl (C=O) groups excluding carboxylic acids is 1. The molecule has 0 saturated carbocycles. The second kappa shape index (κ2) is 12.2. The molecule has 0 amide bonds. The van der Waals surface area contributed by atoms with Gasteiger partial charge in [0.1, 0.15) is 5.25 Å². The smallest absolute Gasteiger partial charge is 0.307 e. The van der Waals surface area contributed by atoms with Crippen molar-refractivity contribution in [1.82, 2.24) is 0 Å². The molecule has 2 aliphatic rings. The summed E-state index contributed by atoms with van der Waals surface area (Å²) in [6.45, 7) is 0.430. The zero-order chi connectivity index (χ0) is 29.0. The van der Waals surface area contributed by atoms with Crippen molar-refractivity contribution in [2.24, 2.45) is 5.41 Å². The van der Waals surface area contributed by atoms with Gasteiger partial charge in [-0.3, -0.25) is 4.79 Å². The van der Waals surface area contributed by atoms with E-state index in [1.165, 1.54) is 0 Å². The van der Waals surface area contributed by atoms with Gasteiger partial charge in [0.25, 0.3) is 0 Å². The molecule has 2 bridgehead atoms. The van der Waals surface area contributed by atoms with Crippen LogP contribution in [0.5, 0.6) is 0 Å². The normalized spacial score (nSPS) is 21.9. The molecular formula is C35H34O6S. The molecule has 216 valence electrons. The highest BCUT2D eigenvalue weighted by Crippen LogP contribution is 2.47. The van der Waals surface area contributed by atoms with Crippen LogP contribution in [0, 0.1) is 5.41 Å². The van der Waals surface area contributed by atoms with Crippen LogP contribution in [0.2, 0.25) is 0 Å². The average Bonchev–Trinajstić information content (AvgIpc) is 3.42. The minimum Gasteiger partial charge on any atom is -0.456 e. The molecule has 6 nitrogen and oxygen atoms in total. The Morgan fingerprint density at radius 2 is 1.31 bits per heavy atom. The van der Waals surface area contributed by atoms with Crippen molar-refractivity contribution in [1.29, 1.82) is 0 Å². The summed E-state index contributed by atoms with van der Waals surface area (Å²) in [4.78, 5) is 14.0. The first-order chi connectivity index (χ1) is 20.4. The highest BCUT2D eigenvalue weighted by atomic mass is 32.2. The maximum atomic E-state index is 13.8. The molecule has 0 radical (unpaired) electrons. The molecule has 2 aliphatic heterocycles. The molecule has 0 spiro atoms. The lowest BCUT2D eigenvalue weighted by atomic mass is 9.67. The fourth-order valence-corrected chi connectivity index (χ4v) is 8.11. The van der Waals surface area contributed by atoms with Crippen LogP contribution in [0.3, 0.4) is 0 Å². The van der Waals surface area contributed by atoms with Crippen LogP contribution in [0.25, 0.3) is 0 Å². The summed E-state index contributed by atoms with van der Waals surface area (Å²) in [5.74, 6) is -0.601. The highest BCUT2D eigenvalue weighted by Gasteiger charge is 2.55. The SMILES string of the molecule is O=C(CC(c1ccccc1)S(=O)(=O)c1ccccc1)OC1[C@@H]2OC[C@H](CC1(Cc1ccccc1)Cc1ccccc1)O2. The Bertz CT molecular complexity index is 1530. The van der Waals surface area contributed by atoms with Gasteiger partial charge >= 0.3 is 5.97 Å². The minimum absolute atomic E-state index is 0.104. The largest absolute Gasteiger partial charge is 0.456 e. The van der Waals surface area contributed by atoms with Crippen molar-refractivity contribution < 1.29 is 27.4 Å². The van der Waals surface area contributed by atoms with Gasteiger partial charge in [-0.2, -0.15) is 0 Å². The lowest BCUT2D eigenvalue weighted by molar-refractivity contribution is -0.224. The Morgan fingerprint density at radius 3 is 1.88 bits per heavy atom. The lowest BCUT2D eigenvalue weighted by Gasteiger charge is -2.46. The van der Waals surface area contributed by atoms with E-state index in [9.17, 15) is 13.2 Å². The molecule has 0 N–H and O–H groups in total. The Morgan fingerprint density at radius 1 is 0.786 bits per heavy atom. The topological polar surface area (TPSA) is 78.9 Å². The molecule has 4 atom stereocenters. The van der Waals surface area contributed by atoms with Crippen molar-refractivity contribution in [3.8, 4) is 0 Å². The van der Waals surface area contributed by atoms with Crippen molar-refractivity contribution in [2.75, 3.05) is 6.61 Å². The number of sulfone groups is 1. The number of carbonyl (C=O) groups is 1. The van der Waals surface area contributed by atoms with E-state index in [0.29, 0.717) is 31.4 Å². The Kier molecular flexibility index (Phi) is 8.24. The van der Waals surface area contributed by atoms with Crippen LogP contribution in [-0.4, -0.2) is 39.5 Å². The van der Waals surface area contributed by atoms with E-state index in [2.05, 4.69) is 24.3 Å². The molecule has 4 aromatic carbocycles. The first kappa shape index (κ1) is 28.3. The number of esters is 1. The molecule has 2 unspecified atom stereocenters. The standard InChI is InChI=1S/C35H34O6S/c36-32(21-31(28-17-9-3-10-18-28)42(37,38)30-19-11-4-12-20-30)41-33-34-39-25-29(40-34)24-35(33,22-26-13-5-1-6-14-26)23-27-15-7-2-8-16-27/h1-20,29,31,33-34H,21-25H2/t29-,31?,33?,34+/m0/s1. The summed E-state index contributed by atoms with van der Waals surface area (Å²) < 4.78 is 46.2. The number of fused-ring (bicyclic) bond motifs is 2. The van der Waals surface area contributed by atoms with Gasteiger partial charge in [0.05, 0.1) is 24.0 Å². The summed E-state index contributed by atoms with van der Waals surface area (Å²) in [5.41, 5.74) is 2.28. The van der Waals surface area contributed by atoms with Gasteiger partial charge in [-0.1, -0.05) is 109 Å². The zero-order valence-corrected chi connectivity index (χ0v) is 24.1. The fraction of sp³-hybridized carbons (Fsp3) is 0.286. The molecule has 2 heterocycles. The second-order valence-electron chi connectivity index (χ2n) is 11.2. The highest BCUT2D eigenvalue weighted by molar-refractivity contribution is 7.91. The van der Waals surface area contributed by atoms with Crippen LogP contribution >= 0.6 is 0 Å². The number of ether oxygens (including phenoxy) is 3. The van der Waals surface area contributed by atoms with E-state index in [4.69, 9.17) is 14.2 Å². The molecule has 42 heavy (non-hydrogen) atoms. The molecule has 2 saturated heterocycles. The second-order valence-corrected chi connectivity index (χ2v) is 13.4. The fourth-order valence-electron chi connectivity index (χ4n) is 6.38. The van der Waals surface area contributed by atoms with Crippen molar-refractivity contribution in [2.45, 2.75) is 54.3 Å². The van der Waals surface area contributed by atoms with Crippen molar-refractivity contribution in [3.63, 3.8) is 0 Å². The maximum absolute atomic E-state index is 13.8. The Hall–Kier alpha value is -3.78. The van der Waals surface area contributed by atoms with E-state index >= 15 is 0 Å². The number of rotatable bonds is 10. The van der Waals surface area contributed by atoms with Gasteiger partial charge in [-0.25, -0.2) is 8.42 Å². The quantitative estimate of drug-likeness (QED) is 0.210. The van der Waals surface area contributed by atoms with Gasteiger partial charge in [0.15, 0.2) is 22.2 Å². The average molecular weight is 583 g/mol. The molecule has 7 heteroatoms. The third kappa shape index (κ3) is 6.04. The number of benzene rings is 4. The van der Waals surface area contributed by atoms with E-state index in [1.807, 2.05) is 42.5 Å². The van der Waals surface area contributed by atoms with Crippen LogP contribution in [0.4, 0.5) is 0 Å². The molecule has 0 aliphatic carbocycles. The summed E-state index contributed by atoms with van der Waals surface area (Å²) in [7, 11) is -3.89. The predicted molar refractivity (Wildman–Crippen MR) is 159 cm³/mol. The Balaban J connectivity index is 1.34. The van der Waals surface area contributed by atoms with Gasteiger partial charge in [-0.05, 0) is 48.1 Å². The molecule has 0 aromatic heterocycles. The van der Waals surface area contributed by atoms with Gasteiger partial charge < -0.3 is 14.2 Å². The van der Waals surface area contributed by atoms with Crippen molar-refractivity contribution in [3.05, 3.63) is 138 Å². The van der Waals surface area contributed by atoms with Crippen molar-refractivity contribution >= 4 is 15.8 Å². The Labute approximate surface area is 247 Å². The van der Waals surface area contributed by atoms with E-state index in [0.717, 1.165) is 11.1 Å². The van der Waals surface area contributed by atoms with Crippen LogP contribution in [0.1, 0.15) is 34.8 Å². The predicted octanol–water partition coefficient (Wildman–Crippen LogP) is 6.12. The zero-order valence-electron chi connectivity index (χ0n) is 23.2. The van der Waals surface area contributed by atoms with E-state index in [1.54, 1.807) is 54.6 Å². The summed E-state index contributed by atoms with van der Waals surface area (Å²) in [5, 5.41) is -1.10. The molecular weight excluding hydrogens is 548 g/mol. The van der Waals surface area contributed by atoms with Crippen LogP contribution in [0.15, 0.2) is 126 Å². The lowest BCUT2D eigenvalue weighted by Crippen LogP contribution is -2.54. The first-order valence-corrected chi connectivity index (χ1v) is 15.9. The van der Waals surface area contributed by atoms with E-state index in [-0.39, 0.29) is 17.4 Å². The minimum atomic E-state index is -3.89. The number of hydrogen-bond donors (Lipinski definition) is 0. The molecule has 6 rings (SSSR count). The summed E-state index contributed by atoms with van der Waals surface area (Å²) in [6, 6.07) is 37.5. The van der Waals surface area contributed by atoms with Gasteiger partial charge in [0.2, 0.25) is 0 Å². The first-order valence-electron chi connectivity index (χ1n) is 14.3. The maximum Gasteiger partial charge on any atom is 0.307 e. The van der Waals surface area contributed by atoms with Crippen LogP contribution < -0.4 is 0 Å². The third-order valence-corrected chi connectivity index (χ3v) is 10.4. The monoisotopic (exact) mass is 582 g/mol. The molecule has 4 aromatic rings. The summed E-state index contributed by atoms with van der Waals surface area (Å²) in [6.07, 6.45) is 0.0836. The van der Waals surface area contributed by atoms with Gasteiger partial charge in [0, 0.05) is 5.41 Å². The van der Waals surface area contributed by atoms with E-state index < -0.39 is 38.9 Å². The third-order valence-electron chi connectivity index (χ3n) is 8.28. The van der Waals surface area contributed by atoms with Gasteiger partial charge in [-0.15, -0.1) is 0 Å².